The summed E-state index contributed by atoms with van der Waals surface area (Å²) >= 11 is 0. The van der Waals surface area contributed by atoms with Crippen molar-refractivity contribution in [2.45, 2.75) is 38.2 Å². The van der Waals surface area contributed by atoms with Crippen molar-refractivity contribution in [1.29, 1.82) is 0 Å². The van der Waals surface area contributed by atoms with Gasteiger partial charge in [-0.2, -0.15) is 5.10 Å². The Morgan fingerprint density at radius 3 is 2.88 bits per heavy atom. The van der Waals surface area contributed by atoms with Crippen LogP contribution < -0.4 is 0 Å². The first-order valence-corrected chi connectivity index (χ1v) is 11.2. The molecule has 0 spiro atoms. The average Bonchev–Trinajstić information content (AvgIpc) is 3.53. The Balaban J connectivity index is 1.36. The van der Waals surface area contributed by atoms with Gasteiger partial charge in [0.2, 0.25) is 0 Å². The molecule has 2 atom stereocenters. The summed E-state index contributed by atoms with van der Waals surface area (Å²) in [5, 5.41) is 14.9. The van der Waals surface area contributed by atoms with Gasteiger partial charge in [0, 0.05) is 29.8 Å². The number of H-pyrrole nitrogens is 1. The first-order chi connectivity index (χ1) is 16.2. The number of aryl methyl sites for hydroxylation is 2. The molecular weight excluding hydrogens is 412 g/mol. The maximum absolute atomic E-state index is 10.7. The SMILES string of the molecule is Cc1cccc(-c2[nH]c(CCC3c4ccccc4C[C@H]3O)nc2-c2ccc3ncnn3c2)n1. The second kappa shape index (κ2) is 7.94. The third-order valence-electron chi connectivity index (χ3n) is 6.49. The molecule has 0 fully saturated rings. The van der Waals surface area contributed by atoms with Crippen LogP contribution in [0.15, 0.2) is 67.1 Å². The van der Waals surface area contributed by atoms with Crippen molar-refractivity contribution in [3.05, 3.63) is 89.8 Å². The van der Waals surface area contributed by atoms with Crippen LogP contribution in [-0.4, -0.2) is 40.8 Å². The monoisotopic (exact) mass is 436 g/mol. The van der Waals surface area contributed by atoms with Gasteiger partial charge in [0.25, 0.3) is 0 Å². The zero-order valence-corrected chi connectivity index (χ0v) is 18.3. The van der Waals surface area contributed by atoms with Crippen molar-refractivity contribution >= 4 is 5.65 Å². The Bertz CT molecular complexity index is 1450. The molecular formula is C26H24N6O. The molecule has 1 aliphatic rings. The molecule has 0 amide bonds. The zero-order valence-electron chi connectivity index (χ0n) is 18.3. The minimum Gasteiger partial charge on any atom is -0.392 e. The molecule has 0 saturated carbocycles. The summed E-state index contributed by atoms with van der Waals surface area (Å²) in [5.41, 5.74) is 7.78. The maximum Gasteiger partial charge on any atom is 0.155 e. The molecule has 0 aliphatic heterocycles. The van der Waals surface area contributed by atoms with Crippen LogP contribution in [0.5, 0.6) is 0 Å². The molecule has 0 bridgehead atoms. The van der Waals surface area contributed by atoms with Crippen molar-refractivity contribution < 1.29 is 5.11 Å². The Labute approximate surface area is 191 Å². The molecule has 7 nitrogen and oxygen atoms in total. The molecule has 2 N–H and O–H groups in total. The smallest absolute Gasteiger partial charge is 0.155 e. The lowest BCUT2D eigenvalue weighted by molar-refractivity contribution is 0.152. The van der Waals surface area contributed by atoms with E-state index in [9.17, 15) is 5.11 Å². The Hall–Kier alpha value is -3.84. The first-order valence-electron chi connectivity index (χ1n) is 11.2. The fourth-order valence-corrected chi connectivity index (χ4v) is 4.87. The van der Waals surface area contributed by atoms with Crippen LogP contribution in [0.2, 0.25) is 0 Å². The van der Waals surface area contributed by atoms with Crippen LogP contribution in [0.25, 0.3) is 28.3 Å². The van der Waals surface area contributed by atoms with E-state index in [4.69, 9.17) is 9.97 Å². The Morgan fingerprint density at radius 2 is 1.97 bits per heavy atom. The van der Waals surface area contributed by atoms with Crippen molar-refractivity contribution in [3.8, 4) is 22.6 Å². The Kier molecular flexibility index (Phi) is 4.77. The summed E-state index contributed by atoms with van der Waals surface area (Å²) in [4.78, 5) is 17.5. The van der Waals surface area contributed by atoms with Crippen LogP contribution in [0.4, 0.5) is 0 Å². The van der Waals surface area contributed by atoms with Crippen LogP contribution in [0, 0.1) is 6.92 Å². The molecule has 33 heavy (non-hydrogen) atoms. The van der Waals surface area contributed by atoms with Gasteiger partial charge in [0.05, 0.1) is 23.2 Å². The van der Waals surface area contributed by atoms with E-state index in [1.165, 1.54) is 11.1 Å². The summed E-state index contributed by atoms with van der Waals surface area (Å²) in [6, 6.07) is 18.3. The van der Waals surface area contributed by atoms with Gasteiger partial charge in [0.15, 0.2) is 5.65 Å². The number of aliphatic hydroxyl groups excluding tert-OH is 1. The fraction of sp³-hybridized carbons (Fsp3) is 0.231. The van der Waals surface area contributed by atoms with Crippen molar-refractivity contribution in [1.82, 2.24) is 29.5 Å². The van der Waals surface area contributed by atoms with Gasteiger partial charge in [-0.25, -0.2) is 14.5 Å². The standard InChI is InChI=1S/C26H24N6O/c1-16-5-4-8-21(29-16)26-25(18-9-12-24-27-15-28-32(24)14-18)30-23(31-26)11-10-20-19-7-3-2-6-17(19)13-22(20)33/h2-9,12,14-15,20,22,33H,10-11,13H2,1H3,(H,30,31)/t20?,22-/m1/s1. The van der Waals surface area contributed by atoms with Crippen molar-refractivity contribution in [2.24, 2.45) is 0 Å². The fourth-order valence-electron chi connectivity index (χ4n) is 4.87. The predicted octanol–water partition coefficient (Wildman–Crippen LogP) is 4.12. The van der Waals surface area contributed by atoms with Crippen LogP contribution in [0.1, 0.15) is 35.0 Å². The number of nitrogens with zero attached hydrogens (tertiary/aromatic N) is 5. The van der Waals surface area contributed by atoms with Gasteiger partial charge in [-0.1, -0.05) is 30.3 Å². The second-order valence-corrected chi connectivity index (χ2v) is 8.67. The molecule has 6 rings (SSSR count). The summed E-state index contributed by atoms with van der Waals surface area (Å²) in [6.45, 7) is 1.99. The Morgan fingerprint density at radius 1 is 1.06 bits per heavy atom. The van der Waals surface area contributed by atoms with E-state index in [0.29, 0.717) is 0 Å². The molecule has 1 unspecified atom stereocenters. The summed E-state index contributed by atoms with van der Waals surface area (Å²) in [6.07, 6.45) is 5.43. The predicted molar refractivity (Wildman–Crippen MR) is 126 cm³/mol. The molecule has 7 heteroatoms. The van der Waals surface area contributed by atoms with E-state index in [1.807, 2.05) is 49.5 Å². The van der Waals surface area contributed by atoms with E-state index < -0.39 is 0 Å². The van der Waals surface area contributed by atoms with Crippen LogP contribution in [0.3, 0.4) is 0 Å². The summed E-state index contributed by atoms with van der Waals surface area (Å²) < 4.78 is 1.75. The minimum atomic E-state index is -0.343. The lowest BCUT2D eigenvalue weighted by Crippen LogP contribution is -2.14. The number of hydrogen-bond acceptors (Lipinski definition) is 5. The van der Waals surface area contributed by atoms with Gasteiger partial charge in [0.1, 0.15) is 12.2 Å². The van der Waals surface area contributed by atoms with Crippen molar-refractivity contribution in [3.63, 3.8) is 0 Å². The lowest BCUT2D eigenvalue weighted by atomic mass is 9.94. The number of aliphatic hydroxyl groups is 1. The van der Waals surface area contributed by atoms with Gasteiger partial charge in [-0.3, -0.25) is 4.98 Å². The number of hydrogen-bond donors (Lipinski definition) is 2. The van der Waals surface area contributed by atoms with E-state index >= 15 is 0 Å². The van der Waals surface area contributed by atoms with Crippen molar-refractivity contribution in [2.75, 3.05) is 0 Å². The molecule has 1 aromatic carbocycles. The molecule has 1 aliphatic carbocycles. The quantitative estimate of drug-likeness (QED) is 0.432. The zero-order chi connectivity index (χ0) is 22.4. The topological polar surface area (TPSA) is 92.0 Å². The number of aromatic nitrogens is 6. The molecule has 0 saturated heterocycles. The largest absolute Gasteiger partial charge is 0.392 e. The number of benzene rings is 1. The molecule has 4 heterocycles. The van der Waals surface area contributed by atoms with E-state index in [-0.39, 0.29) is 12.0 Å². The lowest BCUT2D eigenvalue weighted by Gasteiger charge is -2.14. The van der Waals surface area contributed by atoms with Crippen LogP contribution in [-0.2, 0) is 12.8 Å². The van der Waals surface area contributed by atoms with Gasteiger partial charge in [-0.05, 0) is 55.2 Å². The van der Waals surface area contributed by atoms with Crippen LogP contribution >= 0.6 is 0 Å². The number of fused-ring (bicyclic) bond motifs is 2. The highest BCUT2D eigenvalue weighted by molar-refractivity contribution is 5.77. The maximum atomic E-state index is 10.7. The third kappa shape index (κ3) is 3.60. The number of imidazole rings is 1. The summed E-state index contributed by atoms with van der Waals surface area (Å²) in [7, 11) is 0. The highest BCUT2D eigenvalue weighted by atomic mass is 16.3. The first kappa shape index (κ1) is 19.8. The number of nitrogens with one attached hydrogen (secondary N) is 1. The summed E-state index contributed by atoms with van der Waals surface area (Å²) in [5.74, 6) is 1.01. The number of pyridine rings is 2. The third-order valence-corrected chi connectivity index (χ3v) is 6.49. The van der Waals surface area contributed by atoms with E-state index in [0.717, 1.165) is 59.1 Å². The number of aromatic amines is 1. The number of rotatable bonds is 5. The minimum absolute atomic E-state index is 0.127. The normalized spacial score (nSPS) is 17.5. The van der Waals surface area contributed by atoms with Gasteiger partial charge in [-0.15, -0.1) is 0 Å². The van der Waals surface area contributed by atoms with Gasteiger partial charge < -0.3 is 10.1 Å². The van der Waals surface area contributed by atoms with E-state index in [1.54, 1.807) is 10.8 Å². The molecule has 164 valence electrons. The average molecular weight is 437 g/mol. The van der Waals surface area contributed by atoms with E-state index in [2.05, 4.69) is 33.3 Å². The highest BCUT2D eigenvalue weighted by Crippen LogP contribution is 2.37. The second-order valence-electron chi connectivity index (χ2n) is 8.67. The molecule has 0 radical (unpaired) electrons. The highest BCUT2D eigenvalue weighted by Gasteiger charge is 2.30. The van der Waals surface area contributed by atoms with Gasteiger partial charge >= 0.3 is 0 Å². The molecule has 4 aromatic heterocycles. The molecule has 5 aromatic rings.